The number of rotatable bonds is 3. The summed E-state index contributed by atoms with van der Waals surface area (Å²) < 4.78 is 0. The lowest BCUT2D eigenvalue weighted by Crippen LogP contribution is -1.93. The fraction of sp³-hybridized carbons (Fsp3) is 0.167. The highest BCUT2D eigenvalue weighted by Gasteiger charge is 1.95. The Hall–Kier alpha value is -0.833. The molecule has 50 valence electrons. The Labute approximate surface area is 57.3 Å². The average molecular weight is 142 g/mol. The topological polar surface area (TPSA) is 37.3 Å². The minimum Gasteiger partial charge on any atom is -0.481 e. The minimum absolute atomic E-state index is 0.0543. The smallest absolute Gasteiger partial charge is 0.307 e. The second kappa shape index (κ2) is 4.09. The Morgan fingerprint density at radius 2 is 2.33 bits per heavy atom. The SMILES string of the molecule is C=C(C=C[SiH3])CC(=O)O. The van der Waals surface area contributed by atoms with E-state index in [4.69, 9.17) is 5.11 Å². The summed E-state index contributed by atoms with van der Waals surface area (Å²) in [5.41, 5.74) is 2.57. The summed E-state index contributed by atoms with van der Waals surface area (Å²) in [5.74, 6) is -0.820. The van der Waals surface area contributed by atoms with Crippen LogP contribution in [0.3, 0.4) is 0 Å². The third-order valence-corrected chi connectivity index (χ3v) is 1.11. The predicted octanol–water partition coefficient (Wildman–Crippen LogP) is -0.104. The number of hydrogen-bond acceptors (Lipinski definition) is 1. The summed E-state index contributed by atoms with van der Waals surface area (Å²) in [4.78, 5) is 10.0. The molecule has 3 heteroatoms. The normalized spacial score (nSPS) is 10.2. The number of carbonyl (C=O) groups is 1. The summed E-state index contributed by atoms with van der Waals surface area (Å²) in [6, 6.07) is 0. The van der Waals surface area contributed by atoms with Crippen LogP contribution in [-0.4, -0.2) is 21.3 Å². The van der Waals surface area contributed by atoms with Gasteiger partial charge >= 0.3 is 5.97 Å². The second-order valence-electron chi connectivity index (χ2n) is 1.73. The van der Waals surface area contributed by atoms with Gasteiger partial charge in [0.15, 0.2) is 0 Å². The maximum absolute atomic E-state index is 10.0. The van der Waals surface area contributed by atoms with Gasteiger partial charge in [0.05, 0.1) is 6.42 Å². The molecule has 0 aromatic carbocycles. The predicted molar refractivity (Wildman–Crippen MR) is 40.5 cm³/mol. The van der Waals surface area contributed by atoms with Gasteiger partial charge in [-0.05, 0) is 5.57 Å². The van der Waals surface area contributed by atoms with Crippen molar-refractivity contribution < 1.29 is 9.90 Å². The van der Waals surface area contributed by atoms with Crippen LogP contribution >= 0.6 is 0 Å². The highest BCUT2D eigenvalue weighted by atomic mass is 28.1. The van der Waals surface area contributed by atoms with Crippen molar-refractivity contribution in [3.05, 3.63) is 23.9 Å². The molecule has 1 N–H and O–H groups in total. The molecule has 0 heterocycles. The maximum Gasteiger partial charge on any atom is 0.307 e. The first-order valence-electron chi connectivity index (χ1n) is 2.69. The Balaban J connectivity index is 3.64. The van der Waals surface area contributed by atoms with Gasteiger partial charge in [0.25, 0.3) is 0 Å². The van der Waals surface area contributed by atoms with E-state index in [1.54, 1.807) is 6.08 Å². The van der Waals surface area contributed by atoms with Gasteiger partial charge in [0.1, 0.15) is 0 Å². The van der Waals surface area contributed by atoms with Crippen LogP contribution in [0.4, 0.5) is 0 Å². The van der Waals surface area contributed by atoms with Gasteiger partial charge in [-0.15, -0.1) is 5.70 Å². The summed E-state index contributed by atoms with van der Waals surface area (Å²) in [7, 11) is 0.953. The van der Waals surface area contributed by atoms with Crippen molar-refractivity contribution in [1.82, 2.24) is 0 Å². The first kappa shape index (κ1) is 8.17. The van der Waals surface area contributed by atoms with Crippen LogP contribution in [-0.2, 0) is 4.79 Å². The zero-order valence-electron chi connectivity index (χ0n) is 5.42. The van der Waals surface area contributed by atoms with Crippen LogP contribution < -0.4 is 0 Å². The number of carboxylic acid groups (broad SMARTS) is 1. The summed E-state index contributed by atoms with van der Waals surface area (Å²) in [6.07, 6.45) is 1.80. The van der Waals surface area contributed by atoms with Gasteiger partial charge in [-0.25, -0.2) is 0 Å². The van der Waals surface area contributed by atoms with Gasteiger partial charge in [-0.2, -0.15) is 0 Å². The van der Waals surface area contributed by atoms with Crippen molar-refractivity contribution in [3.8, 4) is 0 Å². The van der Waals surface area contributed by atoms with Gasteiger partial charge in [0.2, 0.25) is 0 Å². The lowest BCUT2D eigenvalue weighted by atomic mass is 10.2. The van der Waals surface area contributed by atoms with Crippen LogP contribution in [0, 0.1) is 0 Å². The van der Waals surface area contributed by atoms with Crippen LogP contribution in [0.15, 0.2) is 23.9 Å². The molecule has 9 heavy (non-hydrogen) atoms. The van der Waals surface area contributed by atoms with Crippen LogP contribution in [0.2, 0.25) is 0 Å². The zero-order valence-corrected chi connectivity index (χ0v) is 7.42. The maximum atomic E-state index is 10.0. The van der Waals surface area contributed by atoms with Gasteiger partial charge < -0.3 is 5.11 Å². The van der Waals surface area contributed by atoms with Crippen molar-refractivity contribution in [3.63, 3.8) is 0 Å². The summed E-state index contributed by atoms with van der Waals surface area (Å²) in [5, 5.41) is 8.23. The quantitative estimate of drug-likeness (QED) is 0.441. The molecule has 0 aliphatic heterocycles. The van der Waals surface area contributed by atoms with E-state index in [-0.39, 0.29) is 6.42 Å². The molecule has 0 unspecified atom stereocenters. The van der Waals surface area contributed by atoms with Crippen molar-refractivity contribution in [2.45, 2.75) is 6.42 Å². The van der Waals surface area contributed by atoms with E-state index in [9.17, 15) is 4.79 Å². The number of aliphatic carboxylic acids is 1. The lowest BCUT2D eigenvalue weighted by molar-refractivity contribution is -0.136. The van der Waals surface area contributed by atoms with Gasteiger partial charge in [0, 0.05) is 10.2 Å². The van der Waals surface area contributed by atoms with Crippen molar-refractivity contribution >= 4 is 16.2 Å². The van der Waals surface area contributed by atoms with E-state index >= 15 is 0 Å². The number of hydrogen-bond donors (Lipinski definition) is 1. The molecule has 0 saturated heterocycles. The molecule has 0 rings (SSSR count). The first-order chi connectivity index (χ1) is 4.16. The molecule has 0 fully saturated rings. The van der Waals surface area contributed by atoms with Crippen LogP contribution in [0.5, 0.6) is 0 Å². The molecule has 0 radical (unpaired) electrons. The second-order valence-corrected chi connectivity index (χ2v) is 2.40. The Morgan fingerprint density at radius 3 is 2.67 bits per heavy atom. The van der Waals surface area contributed by atoms with E-state index < -0.39 is 5.97 Å². The minimum atomic E-state index is -0.820. The van der Waals surface area contributed by atoms with E-state index in [0.717, 1.165) is 10.2 Å². The molecule has 0 aliphatic rings. The van der Waals surface area contributed by atoms with Crippen molar-refractivity contribution in [2.75, 3.05) is 0 Å². The average Bonchev–Trinajstić information content (AvgIpc) is 1.63. The summed E-state index contributed by atoms with van der Waals surface area (Å²) >= 11 is 0. The lowest BCUT2D eigenvalue weighted by Gasteiger charge is -1.90. The van der Waals surface area contributed by atoms with Crippen LogP contribution in [0.1, 0.15) is 6.42 Å². The molecule has 2 nitrogen and oxygen atoms in total. The third-order valence-electron chi connectivity index (χ3n) is 0.781. The van der Waals surface area contributed by atoms with Crippen molar-refractivity contribution in [1.29, 1.82) is 0 Å². The molecule has 0 amide bonds. The molecule has 0 bridgehead atoms. The third kappa shape index (κ3) is 5.03. The number of allylic oxidation sites excluding steroid dienone is 1. The van der Waals surface area contributed by atoms with E-state index in [1.165, 1.54) is 0 Å². The fourth-order valence-electron chi connectivity index (χ4n) is 0.489. The monoisotopic (exact) mass is 142 g/mol. The van der Waals surface area contributed by atoms with Crippen LogP contribution in [0.25, 0.3) is 0 Å². The van der Waals surface area contributed by atoms with Crippen molar-refractivity contribution in [2.24, 2.45) is 0 Å². The molecule has 0 saturated carbocycles. The fourth-order valence-corrected chi connectivity index (χ4v) is 0.960. The van der Waals surface area contributed by atoms with E-state index in [1.807, 2.05) is 5.70 Å². The number of carboxylic acids is 1. The standard InChI is InChI=1S/C6H10O2Si/c1-5(2-3-9)4-6(7)8/h2-3H,1,4H2,9H3,(H,7,8). The largest absolute Gasteiger partial charge is 0.481 e. The zero-order chi connectivity index (χ0) is 7.28. The van der Waals surface area contributed by atoms with E-state index in [2.05, 4.69) is 6.58 Å². The molecular weight excluding hydrogens is 132 g/mol. The van der Waals surface area contributed by atoms with Gasteiger partial charge in [-0.3, -0.25) is 4.79 Å². The molecule has 0 spiro atoms. The highest BCUT2D eigenvalue weighted by molar-refractivity contribution is 6.17. The summed E-state index contributed by atoms with van der Waals surface area (Å²) in [6.45, 7) is 3.54. The van der Waals surface area contributed by atoms with E-state index in [0.29, 0.717) is 5.57 Å². The first-order valence-corrected chi connectivity index (χ1v) is 3.84. The molecule has 0 aromatic heterocycles. The van der Waals surface area contributed by atoms with Gasteiger partial charge in [-0.1, -0.05) is 12.7 Å². The highest BCUT2D eigenvalue weighted by Crippen LogP contribution is 1.97. The Kier molecular flexibility index (Phi) is 3.71. The Bertz CT molecular complexity index is 149. The molecular formula is C6H10O2Si. The molecule has 0 aliphatic carbocycles. The Morgan fingerprint density at radius 1 is 1.78 bits per heavy atom. The molecule has 0 atom stereocenters. The molecule has 0 aromatic rings.